The molecule has 3 N–H and O–H groups in total. The van der Waals surface area contributed by atoms with Gasteiger partial charge in [0, 0.05) is 5.54 Å². The molecule has 0 heterocycles. The van der Waals surface area contributed by atoms with E-state index in [0.29, 0.717) is 0 Å². The van der Waals surface area contributed by atoms with Gasteiger partial charge < -0.3 is 11.1 Å². The lowest BCUT2D eigenvalue weighted by Crippen LogP contribution is -2.51. The smallest absolute Gasteiger partial charge is 0.253 e. The van der Waals surface area contributed by atoms with Crippen LogP contribution >= 0.6 is 0 Å². The fraction of sp³-hybridized carbons (Fsp3) is 0.417. The minimum Gasteiger partial charge on any atom is -0.396 e. The summed E-state index contributed by atoms with van der Waals surface area (Å²) in [4.78, 5) is 11.9. The average Bonchev–Trinajstić information content (AvgIpc) is 2.19. The zero-order chi connectivity index (χ0) is 11.8. The Morgan fingerprint density at radius 3 is 2.75 bits per heavy atom. The van der Waals surface area contributed by atoms with Gasteiger partial charge in [-0.1, -0.05) is 6.07 Å². The lowest BCUT2D eigenvalue weighted by molar-refractivity contribution is 0.0851. The SMILES string of the molecule is CC1(NC(=O)c2cccc(F)c2N)CCC1. The maximum Gasteiger partial charge on any atom is 0.253 e. The Balaban J connectivity index is 2.17. The van der Waals surface area contributed by atoms with Gasteiger partial charge in [0.15, 0.2) is 0 Å². The van der Waals surface area contributed by atoms with Crippen LogP contribution in [0.4, 0.5) is 10.1 Å². The highest BCUT2D eigenvalue weighted by Gasteiger charge is 2.33. The quantitative estimate of drug-likeness (QED) is 0.753. The molecule has 1 aromatic carbocycles. The van der Waals surface area contributed by atoms with Crippen LogP contribution in [0.5, 0.6) is 0 Å². The van der Waals surface area contributed by atoms with Crippen LogP contribution in [0.1, 0.15) is 36.5 Å². The minimum absolute atomic E-state index is 0.0806. The third-order valence-electron chi connectivity index (χ3n) is 3.17. The maximum absolute atomic E-state index is 13.2. The summed E-state index contributed by atoms with van der Waals surface area (Å²) in [6, 6.07) is 4.27. The van der Waals surface area contributed by atoms with Gasteiger partial charge >= 0.3 is 0 Å². The molecule has 1 saturated carbocycles. The van der Waals surface area contributed by atoms with E-state index in [1.54, 1.807) is 0 Å². The number of carbonyl (C=O) groups excluding carboxylic acids is 1. The maximum atomic E-state index is 13.2. The van der Waals surface area contributed by atoms with Crippen molar-refractivity contribution in [1.82, 2.24) is 5.32 Å². The number of benzene rings is 1. The number of nitrogens with two attached hydrogens (primary N) is 1. The zero-order valence-electron chi connectivity index (χ0n) is 9.22. The number of para-hydroxylation sites is 1. The normalized spacial score (nSPS) is 17.6. The Hall–Kier alpha value is -1.58. The number of hydrogen-bond acceptors (Lipinski definition) is 2. The van der Waals surface area contributed by atoms with E-state index < -0.39 is 5.82 Å². The molecule has 1 aliphatic rings. The molecule has 1 amide bonds. The highest BCUT2D eigenvalue weighted by Crippen LogP contribution is 2.31. The topological polar surface area (TPSA) is 55.1 Å². The van der Waals surface area contributed by atoms with Crippen molar-refractivity contribution in [2.45, 2.75) is 31.7 Å². The van der Waals surface area contributed by atoms with Crippen molar-refractivity contribution in [1.29, 1.82) is 0 Å². The summed E-state index contributed by atoms with van der Waals surface area (Å²) in [6.45, 7) is 1.99. The number of anilines is 1. The van der Waals surface area contributed by atoms with Crippen molar-refractivity contribution in [3.63, 3.8) is 0 Å². The van der Waals surface area contributed by atoms with Gasteiger partial charge in [-0.05, 0) is 38.3 Å². The first kappa shape index (κ1) is 10.9. The van der Waals surface area contributed by atoms with E-state index in [9.17, 15) is 9.18 Å². The number of hydrogen-bond donors (Lipinski definition) is 2. The summed E-state index contributed by atoms with van der Waals surface area (Å²) in [5.41, 5.74) is 5.52. The second-order valence-corrected chi connectivity index (χ2v) is 4.57. The van der Waals surface area contributed by atoms with E-state index in [4.69, 9.17) is 5.73 Å². The van der Waals surface area contributed by atoms with Crippen molar-refractivity contribution >= 4 is 11.6 Å². The summed E-state index contributed by atoms with van der Waals surface area (Å²) < 4.78 is 13.2. The summed E-state index contributed by atoms with van der Waals surface area (Å²) >= 11 is 0. The van der Waals surface area contributed by atoms with Gasteiger partial charge in [0.05, 0.1) is 11.3 Å². The largest absolute Gasteiger partial charge is 0.396 e. The minimum atomic E-state index is -0.550. The van der Waals surface area contributed by atoms with Crippen molar-refractivity contribution in [2.24, 2.45) is 0 Å². The fourth-order valence-corrected chi connectivity index (χ4v) is 1.91. The van der Waals surface area contributed by atoms with E-state index in [1.807, 2.05) is 6.92 Å². The van der Waals surface area contributed by atoms with Crippen LogP contribution < -0.4 is 11.1 Å². The summed E-state index contributed by atoms with van der Waals surface area (Å²) in [7, 11) is 0. The molecule has 0 spiro atoms. The molecule has 3 nitrogen and oxygen atoms in total. The molecule has 2 rings (SSSR count). The Morgan fingerprint density at radius 2 is 2.19 bits per heavy atom. The van der Waals surface area contributed by atoms with Gasteiger partial charge in [0.2, 0.25) is 0 Å². The fourth-order valence-electron chi connectivity index (χ4n) is 1.91. The Morgan fingerprint density at radius 1 is 1.50 bits per heavy atom. The van der Waals surface area contributed by atoms with Crippen LogP contribution in [0.3, 0.4) is 0 Å². The van der Waals surface area contributed by atoms with Crippen LogP contribution in [0.15, 0.2) is 18.2 Å². The van der Waals surface area contributed by atoms with Crippen LogP contribution in [0, 0.1) is 5.82 Å². The van der Waals surface area contributed by atoms with Gasteiger partial charge in [0.1, 0.15) is 5.82 Å². The number of rotatable bonds is 2. The molecule has 0 unspecified atom stereocenters. The molecular weight excluding hydrogens is 207 g/mol. The molecule has 0 radical (unpaired) electrons. The number of halogens is 1. The molecule has 0 bridgehead atoms. The molecule has 0 saturated heterocycles. The van der Waals surface area contributed by atoms with Gasteiger partial charge in [-0.25, -0.2) is 4.39 Å². The van der Waals surface area contributed by atoms with Gasteiger partial charge in [-0.3, -0.25) is 4.79 Å². The number of amides is 1. The molecule has 86 valence electrons. The third kappa shape index (κ3) is 1.87. The lowest BCUT2D eigenvalue weighted by atomic mass is 9.78. The first-order valence-corrected chi connectivity index (χ1v) is 5.38. The van der Waals surface area contributed by atoms with Crippen LogP contribution in [-0.2, 0) is 0 Å². The van der Waals surface area contributed by atoms with Crippen molar-refractivity contribution in [3.05, 3.63) is 29.6 Å². The number of nitrogen functional groups attached to an aromatic ring is 1. The molecule has 4 heteroatoms. The summed E-state index contributed by atoms with van der Waals surface area (Å²) in [5, 5.41) is 2.89. The highest BCUT2D eigenvalue weighted by atomic mass is 19.1. The zero-order valence-corrected chi connectivity index (χ0v) is 9.22. The van der Waals surface area contributed by atoms with Crippen LogP contribution in [-0.4, -0.2) is 11.4 Å². The van der Waals surface area contributed by atoms with Gasteiger partial charge in [0.25, 0.3) is 5.91 Å². The molecule has 0 atom stereocenters. The average molecular weight is 222 g/mol. The van der Waals surface area contributed by atoms with E-state index >= 15 is 0 Å². The number of nitrogens with one attached hydrogen (secondary N) is 1. The summed E-state index contributed by atoms with van der Waals surface area (Å²) in [5.74, 6) is -0.842. The van der Waals surface area contributed by atoms with Crippen molar-refractivity contribution in [2.75, 3.05) is 5.73 Å². The van der Waals surface area contributed by atoms with E-state index in [2.05, 4.69) is 5.32 Å². The Kier molecular flexibility index (Phi) is 2.58. The molecular formula is C12H15FN2O. The highest BCUT2D eigenvalue weighted by molar-refractivity contribution is 5.99. The molecule has 1 fully saturated rings. The molecule has 0 aromatic heterocycles. The Labute approximate surface area is 93.8 Å². The van der Waals surface area contributed by atoms with Crippen molar-refractivity contribution in [3.8, 4) is 0 Å². The Bertz CT molecular complexity index is 427. The second kappa shape index (κ2) is 3.77. The molecule has 1 aliphatic carbocycles. The molecule has 0 aliphatic heterocycles. The van der Waals surface area contributed by atoms with Gasteiger partial charge in [-0.2, -0.15) is 0 Å². The van der Waals surface area contributed by atoms with Crippen LogP contribution in [0.2, 0.25) is 0 Å². The second-order valence-electron chi connectivity index (χ2n) is 4.57. The standard InChI is InChI=1S/C12H15FN2O/c1-12(6-3-7-12)15-11(16)8-4-2-5-9(13)10(8)14/h2,4-5H,3,6-7,14H2,1H3,(H,15,16). The monoisotopic (exact) mass is 222 g/mol. The van der Waals surface area contributed by atoms with E-state index in [0.717, 1.165) is 19.3 Å². The first-order chi connectivity index (χ1) is 7.52. The predicted octanol–water partition coefficient (Wildman–Crippen LogP) is 2.08. The van der Waals surface area contributed by atoms with E-state index in [1.165, 1.54) is 18.2 Å². The molecule has 1 aromatic rings. The predicted molar refractivity (Wildman–Crippen MR) is 60.5 cm³/mol. The molecule has 16 heavy (non-hydrogen) atoms. The first-order valence-electron chi connectivity index (χ1n) is 5.38. The number of carbonyl (C=O) groups is 1. The third-order valence-corrected chi connectivity index (χ3v) is 3.17. The lowest BCUT2D eigenvalue weighted by Gasteiger charge is -2.39. The van der Waals surface area contributed by atoms with Crippen molar-refractivity contribution < 1.29 is 9.18 Å². The van der Waals surface area contributed by atoms with E-state index in [-0.39, 0.29) is 22.7 Å². The van der Waals surface area contributed by atoms with Gasteiger partial charge in [-0.15, -0.1) is 0 Å². The van der Waals surface area contributed by atoms with Crippen LogP contribution in [0.25, 0.3) is 0 Å². The summed E-state index contributed by atoms with van der Waals surface area (Å²) in [6.07, 6.45) is 3.05.